The zero-order valence-corrected chi connectivity index (χ0v) is 11.7. The third-order valence-electron chi connectivity index (χ3n) is 2.84. The molecule has 0 aromatic heterocycles. The van der Waals surface area contributed by atoms with Crippen LogP contribution in [0.3, 0.4) is 0 Å². The Labute approximate surface area is 111 Å². The van der Waals surface area contributed by atoms with Gasteiger partial charge in [-0.25, -0.2) is 0 Å². The first-order valence-electron chi connectivity index (χ1n) is 5.66. The van der Waals surface area contributed by atoms with Gasteiger partial charge >= 0.3 is 0 Å². The van der Waals surface area contributed by atoms with E-state index >= 15 is 0 Å². The van der Waals surface area contributed by atoms with Crippen molar-refractivity contribution in [1.82, 2.24) is 0 Å². The van der Waals surface area contributed by atoms with E-state index in [9.17, 15) is 0 Å². The van der Waals surface area contributed by atoms with E-state index in [0.717, 1.165) is 15.6 Å². The van der Waals surface area contributed by atoms with Gasteiger partial charge in [0, 0.05) is 4.47 Å². The Morgan fingerprint density at radius 3 is 2.18 bits per heavy atom. The van der Waals surface area contributed by atoms with Gasteiger partial charge in [-0.15, -0.1) is 0 Å². The molecular weight excluding hydrogens is 274 g/mol. The van der Waals surface area contributed by atoms with Crippen LogP contribution in [0.4, 0.5) is 0 Å². The molecule has 2 N–H and O–H groups in total. The first kappa shape index (κ1) is 12.3. The van der Waals surface area contributed by atoms with Crippen molar-refractivity contribution in [3.63, 3.8) is 0 Å². The molecule has 88 valence electrons. The van der Waals surface area contributed by atoms with E-state index in [1.54, 1.807) is 0 Å². The highest BCUT2D eigenvalue weighted by Gasteiger charge is 2.12. The molecule has 0 aliphatic carbocycles. The molecule has 1 nitrogen and oxygen atoms in total. The number of hydrogen-bond acceptors (Lipinski definition) is 1. The normalized spacial score (nSPS) is 12.5. The lowest BCUT2D eigenvalue weighted by atomic mass is 9.96. The van der Waals surface area contributed by atoms with Crippen molar-refractivity contribution in [2.24, 2.45) is 5.73 Å². The molecule has 0 saturated heterocycles. The Morgan fingerprint density at radius 2 is 1.59 bits per heavy atom. The van der Waals surface area contributed by atoms with Crippen LogP contribution in [0.2, 0.25) is 0 Å². The Morgan fingerprint density at radius 1 is 1.00 bits per heavy atom. The molecule has 2 heteroatoms. The first-order valence-corrected chi connectivity index (χ1v) is 6.45. The summed E-state index contributed by atoms with van der Waals surface area (Å²) in [6.07, 6.45) is 0. The molecular formula is C15H16BrN. The maximum atomic E-state index is 6.32. The van der Waals surface area contributed by atoms with Gasteiger partial charge in [-0.1, -0.05) is 63.5 Å². The zero-order valence-electron chi connectivity index (χ0n) is 10.1. The topological polar surface area (TPSA) is 26.0 Å². The fourth-order valence-electron chi connectivity index (χ4n) is 2.10. The molecule has 0 aliphatic heterocycles. The quantitative estimate of drug-likeness (QED) is 0.884. The van der Waals surface area contributed by atoms with Crippen LogP contribution in [0.5, 0.6) is 0 Å². The van der Waals surface area contributed by atoms with Crippen LogP contribution in [0.15, 0.2) is 46.9 Å². The maximum absolute atomic E-state index is 6.32. The summed E-state index contributed by atoms with van der Waals surface area (Å²) in [6, 6.07) is 14.5. The van der Waals surface area contributed by atoms with E-state index < -0.39 is 0 Å². The summed E-state index contributed by atoms with van der Waals surface area (Å²) in [7, 11) is 0. The molecule has 0 amide bonds. The van der Waals surface area contributed by atoms with Gasteiger partial charge in [0.2, 0.25) is 0 Å². The van der Waals surface area contributed by atoms with Crippen LogP contribution in [-0.4, -0.2) is 0 Å². The van der Waals surface area contributed by atoms with Gasteiger partial charge in [0.1, 0.15) is 0 Å². The molecule has 0 aliphatic rings. The molecule has 0 saturated carbocycles. The predicted octanol–water partition coefficient (Wildman–Crippen LogP) is 4.11. The van der Waals surface area contributed by atoms with E-state index in [2.05, 4.69) is 54.0 Å². The summed E-state index contributed by atoms with van der Waals surface area (Å²) in [5, 5.41) is 0. The predicted molar refractivity (Wildman–Crippen MR) is 76.1 cm³/mol. The zero-order chi connectivity index (χ0) is 12.4. The van der Waals surface area contributed by atoms with Crippen molar-refractivity contribution < 1.29 is 0 Å². The summed E-state index contributed by atoms with van der Waals surface area (Å²) in [5.74, 6) is 0. The molecule has 1 atom stereocenters. The largest absolute Gasteiger partial charge is 0.320 e. The first-order chi connectivity index (χ1) is 8.08. The van der Waals surface area contributed by atoms with E-state index in [4.69, 9.17) is 5.73 Å². The Bertz CT molecular complexity index is 514. The number of hydrogen-bond donors (Lipinski definition) is 1. The minimum atomic E-state index is -0.0795. The van der Waals surface area contributed by atoms with E-state index in [1.807, 2.05) is 18.2 Å². The number of halogens is 1. The second kappa shape index (κ2) is 5.03. The van der Waals surface area contributed by atoms with E-state index in [-0.39, 0.29) is 6.04 Å². The van der Waals surface area contributed by atoms with Crippen molar-refractivity contribution in [3.8, 4) is 0 Å². The van der Waals surface area contributed by atoms with Crippen molar-refractivity contribution in [2.75, 3.05) is 0 Å². The number of benzene rings is 2. The lowest BCUT2D eigenvalue weighted by molar-refractivity contribution is 0.862. The van der Waals surface area contributed by atoms with E-state index in [0.29, 0.717) is 0 Å². The number of rotatable bonds is 2. The van der Waals surface area contributed by atoms with Gasteiger partial charge in [-0.2, -0.15) is 0 Å². The molecule has 2 aromatic carbocycles. The monoisotopic (exact) mass is 289 g/mol. The Hall–Kier alpha value is -1.12. The third kappa shape index (κ3) is 2.76. The van der Waals surface area contributed by atoms with Crippen molar-refractivity contribution >= 4 is 15.9 Å². The fourth-order valence-corrected chi connectivity index (χ4v) is 2.63. The second-order valence-corrected chi connectivity index (χ2v) is 5.27. The molecule has 1 unspecified atom stereocenters. The SMILES string of the molecule is Cc1cc(C)cc(C(N)c2ccccc2Br)c1. The molecule has 2 rings (SSSR count). The van der Waals surface area contributed by atoms with Crippen LogP contribution in [-0.2, 0) is 0 Å². The van der Waals surface area contributed by atoms with Gasteiger partial charge in [0.25, 0.3) is 0 Å². The highest BCUT2D eigenvalue weighted by Crippen LogP contribution is 2.27. The van der Waals surface area contributed by atoms with Crippen LogP contribution in [0.25, 0.3) is 0 Å². The summed E-state index contributed by atoms with van der Waals surface area (Å²) in [6.45, 7) is 4.20. The summed E-state index contributed by atoms with van der Waals surface area (Å²) in [4.78, 5) is 0. The summed E-state index contributed by atoms with van der Waals surface area (Å²) in [5.41, 5.74) is 11.1. The minimum Gasteiger partial charge on any atom is -0.320 e. The highest BCUT2D eigenvalue weighted by molar-refractivity contribution is 9.10. The van der Waals surface area contributed by atoms with Crippen LogP contribution >= 0.6 is 15.9 Å². The third-order valence-corrected chi connectivity index (χ3v) is 3.57. The average molecular weight is 290 g/mol. The number of aryl methyl sites for hydroxylation is 2. The van der Waals surface area contributed by atoms with Crippen molar-refractivity contribution in [3.05, 3.63) is 69.2 Å². The summed E-state index contributed by atoms with van der Waals surface area (Å²) < 4.78 is 1.06. The fraction of sp³-hybridized carbons (Fsp3) is 0.200. The van der Waals surface area contributed by atoms with Crippen molar-refractivity contribution in [1.29, 1.82) is 0 Å². The van der Waals surface area contributed by atoms with Crippen LogP contribution < -0.4 is 5.73 Å². The maximum Gasteiger partial charge on any atom is 0.0563 e. The molecule has 0 fully saturated rings. The lowest BCUT2D eigenvalue weighted by Gasteiger charge is -2.15. The van der Waals surface area contributed by atoms with E-state index in [1.165, 1.54) is 11.1 Å². The van der Waals surface area contributed by atoms with Gasteiger partial charge in [0.05, 0.1) is 6.04 Å². The molecule has 2 aromatic rings. The van der Waals surface area contributed by atoms with Crippen LogP contribution in [0.1, 0.15) is 28.3 Å². The Kier molecular flexibility index (Phi) is 3.65. The van der Waals surface area contributed by atoms with Gasteiger partial charge < -0.3 is 5.73 Å². The molecule has 0 heterocycles. The average Bonchev–Trinajstić information content (AvgIpc) is 2.27. The standard InChI is InChI=1S/C15H16BrN/c1-10-7-11(2)9-12(8-10)15(17)13-5-3-4-6-14(13)16/h3-9,15H,17H2,1-2H3. The summed E-state index contributed by atoms with van der Waals surface area (Å²) >= 11 is 3.55. The number of nitrogens with two attached hydrogens (primary N) is 1. The van der Waals surface area contributed by atoms with Gasteiger partial charge in [0.15, 0.2) is 0 Å². The molecule has 0 radical (unpaired) electrons. The minimum absolute atomic E-state index is 0.0795. The second-order valence-electron chi connectivity index (χ2n) is 4.42. The van der Waals surface area contributed by atoms with Crippen molar-refractivity contribution in [2.45, 2.75) is 19.9 Å². The van der Waals surface area contributed by atoms with Gasteiger partial charge in [-0.05, 0) is 31.0 Å². The van der Waals surface area contributed by atoms with Gasteiger partial charge in [-0.3, -0.25) is 0 Å². The lowest BCUT2D eigenvalue weighted by Crippen LogP contribution is -2.12. The highest BCUT2D eigenvalue weighted by atomic mass is 79.9. The molecule has 0 bridgehead atoms. The smallest absolute Gasteiger partial charge is 0.0563 e. The van der Waals surface area contributed by atoms with Crippen LogP contribution in [0, 0.1) is 13.8 Å². The molecule has 17 heavy (non-hydrogen) atoms. The molecule has 0 spiro atoms. The Balaban J connectivity index is 2.43.